The van der Waals surface area contributed by atoms with Gasteiger partial charge in [0.05, 0.1) is 5.50 Å². The first-order chi connectivity index (χ1) is 9.08. The lowest BCUT2D eigenvalue weighted by molar-refractivity contribution is 0.0845. The summed E-state index contributed by atoms with van der Waals surface area (Å²) in [5.74, 6) is -0.731. The average molecular weight is 275 g/mol. The van der Waals surface area contributed by atoms with Crippen molar-refractivity contribution in [2.75, 3.05) is 0 Å². The van der Waals surface area contributed by atoms with Gasteiger partial charge in [0.15, 0.2) is 0 Å². The topological polar surface area (TPSA) is 72.2 Å². The standard InChI is InChI=1S/C14H11ClN2O2/c15-11(16)6-7-4-5-10-12-8(7)2-1-3-9(12)13(18)17-14(10)19/h1-5,11H,6,16H2,(H,17,18,19). The molecular formula is C14H11ClN2O2. The number of carbonyl (C=O) groups is 2. The second-order valence-electron chi connectivity index (χ2n) is 4.50. The van der Waals surface area contributed by atoms with E-state index in [-0.39, 0.29) is 11.8 Å². The third kappa shape index (κ3) is 1.89. The van der Waals surface area contributed by atoms with Gasteiger partial charge in [-0.05, 0) is 23.1 Å². The number of alkyl halides is 1. The molecule has 0 spiro atoms. The molecule has 0 fully saturated rings. The molecule has 1 heterocycles. The third-order valence-electron chi connectivity index (χ3n) is 3.26. The van der Waals surface area contributed by atoms with E-state index >= 15 is 0 Å². The maximum Gasteiger partial charge on any atom is 0.258 e. The number of carbonyl (C=O) groups excluding carboxylic acids is 2. The van der Waals surface area contributed by atoms with Crippen LogP contribution in [0.1, 0.15) is 26.3 Å². The first-order valence-electron chi connectivity index (χ1n) is 5.88. The van der Waals surface area contributed by atoms with E-state index < -0.39 is 5.50 Å². The summed E-state index contributed by atoms with van der Waals surface area (Å²) in [6.45, 7) is 0. The Morgan fingerprint density at radius 2 is 1.79 bits per heavy atom. The maximum atomic E-state index is 11.8. The summed E-state index contributed by atoms with van der Waals surface area (Å²) >= 11 is 5.83. The van der Waals surface area contributed by atoms with Gasteiger partial charge in [0, 0.05) is 22.9 Å². The van der Waals surface area contributed by atoms with Gasteiger partial charge in [-0.3, -0.25) is 14.9 Å². The third-order valence-corrected chi connectivity index (χ3v) is 3.42. The number of hydrogen-bond donors (Lipinski definition) is 2. The van der Waals surface area contributed by atoms with Gasteiger partial charge in [-0.15, -0.1) is 11.6 Å². The number of halogens is 1. The van der Waals surface area contributed by atoms with Crippen LogP contribution in [0.2, 0.25) is 0 Å². The predicted octanol–water partition coefficient (Wildman–Crippen LogP) is 1.79. The highest BCUT2D eigenvalue weighted by Crippen LogP contribution is 2.29. The lowest BCUT2D eigenvalue weighted by Gasteiger charge is -2.18. The fraction of sp³-hybridized carbons (Fsp3) is 0.143. The summed E-state index contributed by atoms with van der Waals surface area (Å²) in [6, 6.07) is 8.92. The number of nitrogens with two attached hydrogens (primary N) is 1. The van der Waals surface area contributed by atoms with Gasteiger partial charge in [-0.25, -0.2) is 0 Å². The van der Waals surface area contributed by atoms with E-state index in [0.29, 0.717) is 22.9 Å². The Morgan fingerprint density at radius 1 is 1.11 bits per heavy atom. The number of nitrogens with one attached hydrogen (secondary N) is 1. The first-order valence-corrected chi connectivity index (χ1v) is 6.31. The molecule has 96 valence electrons. The van der Waals surface area contributed by atoms with Gasteiger partial charge >= 0.3 is 0 Å². The number of amides is 2. The maximum absolute atomic E-state index is 11.8. The van der Waals surface area contributed by atoms with Crippen LogP contribution in [0.25, 0.3) is 10.8 Å². The van der Waals surface area contributed by atoms with Crippen LogP contribution in [-0.2, 0) is 6.42 Å². The van der Waals surface area contributed by atoms with Crippen molar-refractivity contribution in [3.8, 4) is 0 Å². The molecule has 3 N–H and O–H groups in total. The van der Waals surface area contributed by atoms with Crippen molar-refractivity contribution >= 4 is 34.2 Å². The molecule has 4 nitrogen and oxygen atoms in total. The zero-order chi connectivity index (χ0) is 13.6. The average Bonchev–Trinajstić information content (AvgIpc) is 2.36. The number of imide groups is 1. The fourth-order valence-electron chi connectivity index (χ4n) is 2.47. The molecule has 0 bridgehead atoms. The zero-order valence-electron chi connectivity index (χ0n) is 9.94. The highest BCUT2D eigenvalue weighted by molar-refractivity contribution is 6.26. The van der Waals surface area contributed by atoms with Crippen LogP contribution in [0.3, 0.4) is 0 Å². The summed E-state index contributed by atoms with van der Waals surface area (Å²) in [5, 5.41) is 3.87. The summed E-state index contributed by atoms with van der Waals surface area (Å²) < 4.78 is 0. The Balaban J connectivity index is 2.35. The van der Waals surface area contributed by atoms with Gasteiger partial charge in [-0.2, -0.15) is 0 Å². The largest absolute Gasteiger partial charge is 0.315 e. The monoisotopic (exact) mass is 274 g/mol. The van der Waals surface area contributed by atoms with Crippen LogP contribution in [0.5, 0.6) is 0 Å². The molecule has 19 heavy (non-hydrogen) atoms. The normalized spacial score (nSPS) is 15.5. The lowest BCUT2D eigenvalue weighted by Crippen LogP contribution is -2.34. The van der Waals surface area contributed by atoms with E-state index in [1.807, 2.05) is 12.1 Å². The lowest BCUT2D eigenvalue weighted by atomic mass is 9.91. The van der Waals surface area contributed by atoms with Gasteiger partial charge in [0.1, 0.15) is 0 Å². The summed E-state index contributed by atoms with van der Waals surface area (Å²) in [7, 11) is 0. The molecule has 1 unspecified atom stereocenters. The summed E-state index contributed by atoms with van der Waals surface area (Å²) in [6.07, 6.45) is 0.484. The van der Waals surface area contributed by atoms with Crippen molar-refractivity contribution < 1.29 is 9.59 Å². The second kappa shape index (κ2) is 4.33. The van der Waals surface area contributed by atoms with Gasteiger partial charge < -0.3 is 5.73 Å². The van der Waals surface area contributed by atoms with Gasteiger partial charge in [0.25, 0.3) is 11.8 Å². The molecule has 0 saturated carbocycles. The smallest absolute Gasteiger partial charge is 0.258 e. The molecule has 5 heteroatoms. The Morgan fingerprint density at radius 3 is 2.47 bits per heavy atom. The van der Waals surface area contributed by atoms with Crippen molar-refractivity contribution in [1.82, 2.24) is 5.32 Å². The van der Waals surface area contributed by atoms with Crippen molar-refractivity contribution in [3.63, 3.8) is 0 Å². The molecule has 0 saturated heterocycles. The minimum atomic E-state index is -0.495. The van der Waals surface area contributed by atoms with Crippen molar-refractivity contribution in [2.45, 2.75) is 11.9 Å². The quantitative estimate of drug-likeness (QED) is 0.498. The number of rotatable bonds is 2. The zero-order valence-corrected chi connectivity index (χ0v) is 10.7. The minimum Gasteiger partial charge on any atom is -0.315 e. The number of benzene rings is 2. The second-order valence-corrected chi connectivity index (χ2v) is 5.06. The highest BCUT2D eigenvalue weighted by Gasteiger charge is 2.25. The van der Waals surface area contributed by atoms with E-state index in [2.05, 4.69) is 5.32 Å². The molecule has 3 rings (SSSR count). The molecule has 2 aromatic carbocycles. The fourth-order valence-corrected chi connectivity index (χ4v) is 2.64. The predicted molar refractivity (Wildman–Crippen MR) is 73.3 cm³/mol. The van der Waals surface area contributed by atoms with Gasteiger partial charge in [0.2, 0.25) is 0 Å². The van der Waals surface area contributed by atoms with E-state index in [1.165, 1.54) is 0 Å². The highest BCUT2D eigenvalue weighted by atomic mass is 35.5. The Labute approximate surface area is 114 Å². The van der Waals surface area contributed by atoms with Crippen molar-refractivity contribution in [1.29, 1.82) is 0 Å². The van der Waals surface area contributed by atoms with E-state index in [9.17, 15) is 9.59 Å². The van der Waals surface area contributed by atoms with Crippen molar-refractivity contribution in [2.24, 2.45) is 5.73 Å². The summed E-state index contributed by atoms with van der Waals surface area (Å²) in [5.41, 5.74) is 7.07. The molecule has 1 atom stereocenters. The van der Waals surface area contributed by atoms with Crippen LogP contribution in [-0.4, -0.2) is 17.3 Å². The van der Waals surface area contributed by atoms with Crippen LogP contribution in [0, 0.1) is 0 Å². The summed E-state index contributed by atoms with van der Waals surface area (Å²) in [4.78, 5) is 23.7. The van der Waals surface area contributed by atoms with Gasteiger partial charge in [-0.1, -0.05) is 18.2 Å². The minimum absolute atomic E-state index is 0.365. The van der Waals surface area contributed by atoms with Crippen molar-refractivity contribution in [3.05, 3.63) is 47.0 Å². The molecule has 2 amide bonds. The Hall–Kier alpha value is -1.91. The SMILES string of the molecule is NC(Cl)Cc1ccc2c3c(cccc13)C(=O)NC2=O. The Kier molecular flexibility index (Phi) is 2.77. The molecule has 0 aromatic heterocycles. The van der Waals surface area contributed by atoms with Crippen LogP contribution >= 0.6 is 11.6 Å². The molecule has 1 aliphatic heterocycles. The molecule has 2 aromatic rings. The molecule has 1 aliphatic rings. The van der Waals surface area contributed by atoms with Crippen LogP contribution in [0.4, 0.5) is 0 Å². The molecule has 0 radical (unpaired) electrons. The number of hydrogen-bond acceptors (Lipinski definition) is 3. The van der Waals surface area contributed by atoms with Crippen LogP contribution < -0.4 is 11.1 Å². The molecule has 0 aliphatic carbocycles. The first kappa shape index (κ1) is 12.1. The van der Waals surface area contributed by atoms with E-state index in [4.69, 9.17) is 17.3 Å². The van der Waals surface area contributed by atoms with E-state index in [0.717, 1.165) is 10.9 Å². The Bertz CT molecular complexity index is 690. The van der Waals surface area contributed by atoms with Crippen LogP contribution in [0.15, 0.2) is 30.3 Å². The van der Waals surface area contributed by atoms with E-state index in [1.54, 1.807) is 18.2 Å². The molecular weight excluding hydrogens is 264 g/mol.